The van der Waals surface area contributed by atoms with Gasteiger partial charge >= 0.3 is 5.97 Å². The molecule has 2 aromatic rings. The van der Waals surface area contributed by atoms with E-state index in [9.17, 15) is 14.0 Å². The standard InChI is InChI=1S/C15H14FNO3S/c16-11-2-1-3-12-10(11)7-13(21-12)14(18)17-9-5-4-8(6-9)15(19)20/h1-3,7-9H,4-6H2,(H,17,18)(H,19,20). The van der Waals surface area contributed by atoms with Gasteiger partial charge in [0.2, 0.25) is 0 Å². The average Bonchev–Trinajstić information content (AvgIpc) is 3.05. The van der Waals surface area contributed by atoms with Crippen molar-refractivity contribution in [2.45, 2.75) is 25.3 Å². The average molecular weight is 307 g/mol. The number of nitrogens with one attached hydrogen (secondary N) is 1. The highest BCUT2D eigenvalue weighted by atomic mass is 32.1. The molecule has 6 heteroatoms. The van der Waals surface area contributed by atoms with Crippen LogP contribution in [0.3, 0.4) is 0 Å². The number of carboxylic acids is 1. The zero-order valence-electron chi connectivity index (χ0n) is 11.1. The van der Waals surface area contributed by atoms with E-state index >= 15 is 0 Å². The van der Waals surface area contributed by atoms with Crippen molar-refractivity contribution in [3.05, 3.63) is 35.0 Å². The molecule has 21 heavy (non-hydrogen) atoms. The quantitative estimate of drug-likeness (QED) is 0.916. The van der Waals surface area contributed by atoms with Gasteiger partial charge < -0.3 is 10.4 Å². The molecule has 0 saturated heterocycles. The van der Waals surface area contributed by atoms with Crippen LogP contribution in [0.1, 0.15) is 28.9 Å². The second-order valence-corrected chi connectivity index (χ2v) is 6.36. The molecule has 1 fully saturated rings. The van der Waals surface area contributed by atoms with Gasteiger partial charge in [-0.3, -0.25) is 9.59 Å². The molecule has 110 valence electrons. The zero-order chi connectivity index (χ0) is 15.0. The Kier molecular flexibility index (Phi) is 3.63. The fourth-order valence-corrected chi connectivity index (χ4v) is 3.71. The van der Waals surface area contributed by atoms with Crippen molar-refractivity contribution in [3.8, 4) is 0 Å². The SMILES string of the molecule is O=C(NC1CCC(C(=O)O)C1)c1cc2c(F)cccc2s1. The van der Waals surface area contributed by atoms with Gasteiger partial charge in [-0.05, 0) is 37.5 Å². The van der Waals surface area contributed by atoms with E-state index < -0.39 is 5.97 Å². The first-order chi connectivity index (χ1) is 10.0. The first-order valence-corrected chi connectivity index (χ1v) is 7.58. The van der Waals surface area contributed by atoms with E-state index in [1.54, 1.807) is 18.2 Å². The Morgan fingerprint density at radius 1 is 1.33 bits per heavy atom. The van der Waals surface area contributed by atoms with Gasteiger partial charge in [-0.2, -0.15) is 0 Å². The molecule has 2 unspecified atom stereocenters. The van der Waals surface area contributed by atoms with Crippen LogP contribution in [0, 0.1) is 11.7 Å². The molecule has 1 saturated carbocycles. The van der Waals surface area contributed by atoms with Crippen LogP contribution in [-0.2, 0) is 4.79 Å². The molecule has 0 spiro atoms. The highest BCUT2D eigenvalue weighted by Gasteiger charge is 2.30. The molecule has 1 aromatic heterocycles. The molecule has 1 heterocycles. The first kappa shape index (κ1) is 14.0. The molecular weight excluding hydrogens is 293 g/mol. The zero-order valence-corrected chi connectivity index (χ0v) is 12.0. The topological polar surface area (TPSA) is 66.4 Å². The third kappa shape index (κ3) is 2.76. The number of rotatable bonds is 3. The number of aliphatic carboxylic acids is 1. The highest BCUT2D eigenvalue weighted by Crippen LogP contribution is 2.29. The van der Waals surface area contributed by atoms with E-state index in [0.717, 1.165) is 4.70 Å². The van der Waals surface area contributed by atoms with Crippen LogP contribution in [0.5, 0.6) is 0 Å². The summed E-state index contributed by atoms with van der Waals surface area (Å²) in [6.45, 7) is 0. The molecule has 0 bridgehead atoms. The van der Waals surface area contributed by atoms with Crippen molar-refractivity contribution in [1.82, 2.24) is 5.32 Å². The van der Waals surface area contributed by atoms with Gasteiger partial charge in [0, 0.05) is 16.1 Å². The summed E-state index contributed by atoms with van der Waals surface area (Å²) in [5.41, 5.74) is 0. The van der Waals surface area contributed by atoms with Crippen molar-refractivity contribution in [1.29, 1.82) is 0 Å². The second-order valence-electron chi connectivity index (χ2n) is 5.28. The second kappa shape index (κ2) is 5.44. The van der Waals surface area contributed by atoms with Crippen molar-refractivity contribution in [3.63, 3.8) is 0 Å². The van der Waals surface area contributed by atoms with Gasteiger partial charge in [0.1, 0.15) is 5.82 Å². The summed E-state index contributed by atoms with van der Waals surface area (Å²) in [7, 11) is 0. The maximum atomic E-state index is 13.6. The number of hydrogen-bond acceptors (Lipinski definition) is 3. The van der Waals surface area contributed by atoms with Gasteiger partial charge in [0.15, 0.2) is 0 Å². The van der Waals surface area contributed by atoms with E-state index in [4.69, 9.17) is 5.11 Å². The number of carbonyl (C=O) groups excluding carboxylic acids is 1. The third-order valence-electron chi connectivity index (χ3n) is 3.85. The van der Waals surface area contributed by atoms with Gasteiger partial charge in [0.25, 0.3) is 5.91 Å². The fraction of sp³-hybridized carbons (Fsp3) is 0.333. The molecule has 1 amide bonds. The van der Waals surface area contributed by atoms with Gasteiger partial charge in [-0.25, -0.2) is 4.39 Å². The predicted molar refractivity (Wildman–Crippen MR) is 78.0 cm³/mol. The lowest BCUT2D eigenvalue weighted by atomic mass is 10.1. The molecule has 0 radical (unpaired) electrons. The molecule has 1 aliphatic rings. The number of amides is 1. The summed E-state index contributed by atoms with van der Waals surface area (Å²) in [5.74, 6) is -1.79. The van der Waals surface area contributed by atoms with Crippen LogP contribution in [-0.4, -0.2) is 23.0 Å². The summed E-state index contributed by atoms with van der Waals surface area (Å²) < 4.78 is 14.3. The molecule has 1 aliphatic carbocycles. The molecule has 3 rings (SSSR count). The van der Waals surface area contributed by atoms with Gasteiger partial charge in [-0.15, -0.1) is 11.3 Å². The Balaban J connectivity index is 1.73. The molecule has 0 aliphatic heterocycles. The van der Waals surface area contributed by atoms with E-state index in [2.05, 4.69) is 5.32 Å². The lowest BCUT2D eigenvalue weighted by Gasteiger charge is -2.11. The van der Waals surface area contributed by atoms with Crippen molar-refractivity contribution < 1.29 is 19.1 Å². The normalized spacial score (nSPS) is 21.6. The van der Waals surface area contributed by atoms with Crippen LogP contribution in [0.15, 0.2) is 24.3 Å². The number of thiophene rings is 1. The molecule has 1 aromatic carbocycles. The van der Waals surface area contributed by atoms with Gasteiger partial charge in [-0.1, -0.05) is 6.07 Å². The summed E-state index contributed by atoms with van der Waals surface area (Å²) >= 11 is 1.24. The number of benzene rings is 1. The van der Waals surface area contributed by atoms with E-state index in [-0.39, 0.29) is 23.7 Å². The Morgan fingerprint density at radius 3 is 2.81 bits per heavy atom. The molecule has 2 N–H and O–H groups in total. The van der Waals surface area contributed by atoms with E-state index in [0.29, 0.717) is 29.5 Å². The van der Waals surface area contributed by atoms with Crippen LogP contribution >= 0.6 is 11.3 Å². The number of fused-ring (bicyclic) bond motifs is 1. The molecular formula is C15H14FNO3S. The summed E-state index contributed by atoms with van der Waals surface area (Å²) in [6.07, 6.45) is 1.71. The molecule has 2 atom stereocenters. The number of hydrogen-bond donors (Lipinski definition) is 2. The number of halogens is 1. The van der Waals surface area contributed by atoms with E-state index in [1.807, 2.05) is 0 Å². The van der Waals surface area contributed by atoms with Crippen molar-refractivity contribution >= 4 is 33.3 Å². The number of carboxylic acid groups (broad SMARTS) is 1. The Bertz CT molecular complexity index is 712. The number of carbonyl (C=O) groups is 2. The van der Waals surface area contributed by atoms with Crippen LogP contribution < -0.4 is 5.32 Å². The Morgan fingerprint density at radius 2 is 2.14 bits per heavy atom. The smallest absolute Gasteiger partial charge is 0.306 e. The molecule has 4 nitrogen and oxygen atoms in total. The minimum atomic E-state index is -0.810. The summed E-state index contributed by atoms with van der Waals surface area (Å²) in [5, 5.41) is 12.2. The monoisotopic (exact) mass is 307 g/mol. The van der Waals surface area contributed by atoms with Crippen LogP contribution in [0.2, 0.25) is 0 Å². The lowest BCUT2D eigenvalue weighted by Crippen LogP contribution is -2.32. The predicted octanol–water partition coefficient (Wildman–Crippen LogP) is 3.02. The largest absolute Gasteiger partial charge is 0.481 e. The van der Waals surface area contributed by atoms with Gasteiger partial charge in [0.05, 0.1) is 10.8 Å². The first-order valence-electron chi connectivity index (χ1n) is 6.76. The minimum absolute atomic E-state index is 0.117. The van der Waals surface area contributed by atoms with Crippen molar-refractivity contribution in [2.24, 2.45) is 5.92 Å². The summed E-state index contributed by atoms with van der Waals surface area (Å²) in [6, 6.07) is 6.19. The van der Waals surface area contributed by atoms with Crippen molar-refractivity contribution in [2.75, 3.05) is 0 Å². The minimum Gasteiger partial charge on any atom is -0.481 e. The lowest BCUT2D eigenvalue weighted by molar-refractivity contribution is -0.141. The maximum absolute atomic E-state index is 13.6. The van der Waals surface area contributed by atoms with E-state index in [1.165, 1.54) is 17.4 Å². The maximum Gasteiger partial charge on any atom is 0.306 e. The Labute approximate surface area is 124 Å². The highest BCUT2D eigenvalue weighted by molar-refractivity contribution is 7.20. The summed E-state index contributed by atoms with van der Waals surface area (Å²) in [4.78, 5) is 23.5. The third-order valence-corrected chi connectivity index (χ3v) is 4.95. The fourth-order valence-electron chi connectivity index (χ4n) is 2.73. The van der Waals surface area contributed by atoms with Crippen LogP contribution in [0.25, 0.3) is 10.1 Å². The van der Waals surface area contributed by atoms with Crippen LogP contribution in [0.4, 0.5) is 4.39 Å². The Hall–Kier alpha value is -1.95.